The minimum atomic E-state index is -1.30. The zero-order valence-corrected chi connectivity index (χ0v) is 18.0. The smallest absolute Gasteiger partial charge is 0.329 e. The molecule has 8 nitrogen and oxygen atoms in total. The van der Waals surface area contributed by atoms with Gasteiger partial charge in [-0.2, -0.15) is 0 Å². The first-order chi connectivity index (χ1) is 15.8. The lowest BCUT2D eigenvalue weighted by molar-refractivity contribution is -0.140. The number of halogens is 1. The normalized spacial score (nSPS) is 14.4. The van der Waals surface area contributed by atoms with Gasteiger partial charge in [-0.3, -0.25) is 9.59 Å². The van der Waals surface area contributed by atoms with E-state index in [0.29, 0.717) is 35.0 Å². The van der Waals surface area contributed by atoms with Crippen LogP contribution in [0.4, 0.5) is 9.18 Å². The number of carbonyl (C=O) groups is 3. The molecule has 33 heavy (non-hydrogen) atoms. The highest BCUT2D eigenvalue weighted by atomic mass is 19.1. The van der Waals surface area contributed by atoms with Crippen molar-refractivity contribution < 1.29 is 33.4 Å². The van der Waals surface area contributed by atoms with Crippen molar-refractivity contribution >= 4 is 24.0 Å². The van der Waals surface area contributed by atoms with Crippen LogP contribution in [0.15, 0.2) is 54.8 Å². The highest BCUT2D eigenvalue weighted by Crippen LogP contribution is 2.35. The lowest BCUT2D eigenvalue weighted by Gasteiger charge is -2.17. The first kappa shape index (κ1) is 23.5. The minimum Gasteiger partial charge on any atom is -0.490 e. The third-order valence-electron chi connectivity index (χ3n) is 4.68. The lowest BCUT2D eigenvalue weighted by atomic mass is 10.0. The van der Waals surface area contributed by atoms with E-state index in [-0.39, 0.29) is 18.1 Å². The largest absolute Gasteiger partial charge is 0.490 e. The average Bonchev–Trinajstić information content (AvgIpc) is 3.02. The Morgan fingerprint density at radius 1 is 1.21 bits per heavy atom. The van der Waals surface area contributed by atoms with Gasteiger partial charge in [0.2, 0.25) is 0 Å². The number of allylic oxidation sites excluding steroid dienone is 1. The maximum absolute atomic E-state index is 13.2. The van der Waals surface area contributed by atoms with Gasteiger partial charge < -0.3 is 19.9 Å². The summed E-state index contributed by atoms with van der Waals surface area (Å²) in [5.74, 6) is -1.46. The Kier molecular flexibility index (Phi) is 7.45. The summed E-state index contributed by atoms with van der Waals surface area (Å²) in [5, 5.41) is 11.3. The third-order valence-corrected chi connectivity index (χ3v) is 4.68. The van der Waals surface area contributed by atoms with Crippen LogP contribution in [-0.4, -0.2) is 41.1 Å². The second-order valence-electron chi connectivity index (χ2n) is 7.12. The topological polar surface area (TPSA) is 105 Å². The van der Waals surface area contributed by atoms with Crippen LogP contribution in [0.3, 0.4) is 0 Å². The monoisotopic (exact) mass is 454 g/mol. The second kappa shape index (κ2) is 10.4. The number of rotatable bonds is 10. The molecule has 1 saturated heterocycles. The molecule has 9 heteroatoms. The van der Waals surface area contributed by atoms with E-state index in [9.17, 15) is 18.8 Å². The molecule has 2 aromatic rings. The van der Waals surface area contributed by atoms with Crippen molar-refractivity contribution in [3.8, 4) is 11.5 Å². The molecule has 0 radical (unpaired) electrons. The molecule has 1 fully saturated rings. The maximum Gasteiger partial charge on any atom is 0.329 e. The van der Waals surface area contributed by atoms with Gasteiger partial charge in [0.1, 0.15) is 24.7 Å². The zero-order valence-electron chi connectivity index (χ0n) is 18.0. The molecule has 3 rings (SSSR count). The number of hydrogen-bond donors (Lipinski definition) is 2. The van der Waals surface area contributed by atoms with E-state index in [2.05, 4.69) is 11.9 Å². The molecule has 3 amide bonds. The molecule has 0 aliphatic carbocycles. The Morgan fingerprint density at radius 2 is 1.94 bits per heavy atom. The van der Waals surface area contributed by atoms with Crippen LogP contribution in [-0.2, 0) is 22.6 Å². The number of nitrogens with one attached hydrogen (secondary N) is 1. The predicted molar refractivity (Wildman–Crippen MR) is 118 cm³/mol. The van der Waals surface area contributed by atoms with Crippen LogP contribution in [0.2, 0.25) is 0 Å². The van der Waals surface area contributed by atoms with Crippen molar-refractivity contribution in [1.82, 2.24) is 10.2 Å². The van der Waals surface area contributed by atoms with Crippen LogP contribution in [0.1, 0.15) is 23.6 Å². The first-order valence-corrected chi connectivity index (χ1v) is 10.2. The Bertz CT molecular complexity index is 1110. The fourth-order valence-corrected chi connectivity index (χ4v) is 3.25. The number of hydrogen-bond acceptors (Lipinski definition) is 5. The van der Waals surface area contributed by atoms with Gasteiger partial charge in [-0.05, 0) is 54.8 Å². The quantitative estimate of drug-likeness (QED) is 0.323. The molecule has 0 bridgehead atoms. The molecule has 0 saturated carbocycles. The number of benzene rings is 2. The standard InChI is InChI=1S/C24H23FN2O6/c1-3-5-17-10-16(11-19-23(30)27(13-21(28)29)24(31)26-19)12-20(32-4-2)22(17)33-14-15-6-8-18(25)9-7-15/h3,6-12H,1,4-5,13-14H2,2H3,(H,26,31)(H,28,29)/b19-11+. The number of urea groups is 1. The van der Waals surface area contributed by atoms with Crippen LogP contribution in [0.5, 0.6) is 11.5 Å². The lowest BCUT2D eigenvalue weighted by Crippen LogP contribution is -2.35. The van der Waals surface area contributed by atoms with Crippen LogP contribution >= 0.6 is 0 Å². The number of carboxylic acids is 1. The summed E-state index contributed by atoms with van der Waals surface area (Å²) in [5.41, 5.74) is 2.00. The fourth-order valence-electron chi connectivity index (χ4n) is 3.25. The highest BCUT2D eigenvalue weighted by Gasteiger charge is 2.35. The van der Waals surface area contributed by atoms with Gasteiger partial charge in [-0.1, -0.05) is 18.2 Å². The molecule has 1 aliphatic rings. The number of ether oxygens (including phenoxy) is 2. The van der Waals surface area contributed by atoms with E-state index >= 15 is 0 Å². The number of aliphatic carboxylic acids is 1. The minimum absolute atomic E-state index is 0.0479. The molecular formula is C24H23FN2O6. The number of amides is 3. The van der Waals surface area contributed by atoms with Crippen molar-refractivity contribution in [3.05, 3.63) is 77.3 Å². The van der Waals surface area contributed by atoms with Crippen molar-refractivity contribution in [2.24, 2.45) is 0 Å². The van der Waals surface area contributed by atoms with Gasteiger partial charge >= 0.3 is 12.0 Å². The van der Waals surface area contributed by atoms with Crippen molar-refractivity contribution in [3.63, 3.8) is 0 Å². The first-order valence-electron chi connectivity index (χ1n) is 10.2. The molecule has 0 atom stereocenters. The summed E-state index contributed by atoms with van der Waals surface area (Å²) in [7, 11) is 0. The molecule has 0 spiro atoms. The number of carbonyl (C=O) groups excluding carboxylic acids is 2. The Labute approximate surface area is 189 Å². The van der Waals surface area contributed by atoms with Crippen LogP contribution in [0, 0.1) is 5.82 Å². The zero-order chi connectivity index (χ0) is 24.0. The van der Waals surface area contributed by atoms with Gasteiger partial charge in [-0.25, -0.2) is 14.1 Å². The highest BCUT2D eigenvalue weighted by molar-refractivity contribution is 6.15. The molecule has 0 unspecified atom stereocenters. The second-order valence-corrected chi connectivity index (χ2v) is 7.12. The summed E-state index contributed by atoms with van der Waals surface area (Å²) in [6.07, 6.45) is 3.56. The SMILES string of the molecule is C=CCc1cc(/C=C2/NC(=O)N(CC(=O)O)C2=O)cc(OCC)c1OCc1ccc(F)cc1. The summed E-state index contributed by atoms with van der Waals surface area (Å²) < 4.78 is 24.9. The van der Waals surface area contributed by atoms with E-state index in [0.717, 1.165) is 11.1 Å². The van der Waals surface area contributed by atoms with Gasteiger partial charge in [0.25, 0.3) is 5.91 Å². The number of carboxylic acid groups (broad SMARTS) is 1. The third kappa shape index (κ3) is 5.76. The predicted octanol–water partition coefficient (Wildman–Crippen LogP) is 3.51. The Morgan fingerprint density at radius 3 is 2.58 bits per heavy atom. The van der Waals surface area contributed by atoms with Gasteiger partial charge in [0.05, 0.1) is 6.61 Å². The summed E-state index contributed by atoms with van der Waals surface area (Å²) in [6, 6.07) is 8.56. The van der Waals surface area contributed by atoms with Crippen molar-refractivity contribution in [2.45, 2.75) is 20.0 Å². The van der Waals surface area contributed by atoms with E-state index in [1.165, 1.54) is 18.2 Å². The molecule has 2 N–H and O–H groups in total. The van der Waals surface area contributed by atoms with Crippen molar-refractivity contribution in [1.29, 1.82) is 0 Å². The molecule has 0 aromatic heterocycles. The average molecular weight is 454 g/mol. The van der Waals surface area contributed by atoms with Crippen molar-refractivity contribution in [2.75, 3.05) is 13.2 Å². The maximum atomic E-state index is 13.2. The Hall–Kier alpha value is -4.14. The number of imide groups is 1. The van der Waals surface area contributed by atoms with E-state index in [4.69, 9.17) is 14.6 Å². The summed E-state index contributed by atoms with van der Waals surface area (Å²) in [6.45, 7) is 5.38. The number of nitrogens with zero attached hydrogens (tertiary/aromatic N) is 1. The Balaban J connectivity index is 1.93. The molecule has 2 aromatic carbocycles. The molecular weight excluding hydrogens is 431 g/mol. The van der Waals surface area contributed by atoms with Gasteiger partial charge in [0.15, 0.2) is 11.5 Å². The van der Waals surface area contributed by atoms with E-state index < -0.39 is 24.5 Å². The van der Waals surface area contributed by atoms with Gasteiger partial charge in [0, 0.05) is 5.56 Å². The van der Waals surface area contributed by atoms with Crippen LogP contribution in [0.25, 0.3) is 6.08 Å². The van der Waals surface area contributed by atoms with E-state index in [1.807, 2.05) is 6.92 Å². The molecule has 172 valence electrons. The fraction of sp³-hybridized carbons (Fsp3) is 0.208. The molecule has 1 aliphatic heterocycles. The van der Waals surface area contributed by atoms with Gasteiger partial charge in [-0.15, -0.1) is 6.58 Å². The summed E-state index contributed by atoms with van der Waals surface area (Å²) in [4.78, 5) is 35.9. The molecule has 1 heterocycles. The van der Waals surface area contributed by atoms with Crippen LogP contribution < -0.4 is 14.8 Å². The van der Waals surface area contributed by atoms with E-state index in [1.54, 1.807) is 30.3 Å². The summed E-state index contributed by atoms with van der Waals surface area (Å²) >= 11 is 0.